The number of carboxylic acids is 1. The first-order valence-electron chi connectivity index (χ1n) is 14.0. The van der Waals surface area contributed by atoms with E-state index in [0.29, 0.717) is 24.6 Å². The first-order chi connectivity index (χ1) is 19.9. The molecule has 1 fully saturated rings. The standard InChI is InChI=1S/C34H36N4O3/c1-23(35)38-17-15-31(16-18-38)41-30-13-11-27(12-14-30)32(34(39)40)20-25-7-8-26-9-10-28(21-29(26)19-25)33(36)37-22-24-5-3-2-4-6-24/h2-14,19,21,31-32,35H,15-18,20,22H2,1H3,(H2,36,37)(H,39,40). The molecule has 1 unspecified atom stereocenters. The lowest BCUT2D eigenvalue weighted by atomic mass is 9.91. The molecule has 1 aliphatic rings. The quantitative estimate of drug-likeness (QED) is 0.176. The number of hydrogen-bond donors (Lipinski definition) is 3. The van der Waals surface area contributed by atoms with Crippen LogP contribution in [-0.2, 0) is 17.8 Å². The van der Waals surface area contributed by atoms with Crippen LogP contribution in [0.5, 0.6) is 5.75 Å². The second-order valence-corrected chi connectivity index (χ2v) is 10.6. The van der Waals surface area contributed by atoms with Gasteiger partial charge in [-0.25, -0.2) is 0 Å². The zero-order valence-electron chi connectivity index (χ0n) is 23.3. The Bertz CT molecular complexity index is 1540. The molecule has 0 saturated carbocycles. The summed E-state index contributed by atoms with van der Waals surface area (Å²) >= 11 is 0. The predicted molar refractivity (Wildman–Crippen MR) is 164 cm³/mol. The number of aliphatic carboxylic acids is 1. The van der Waals surface area contributed by atoms with Gasteiger partial charge in [0.25, 0.3) is 0 Å². The summed E-state index contributed by atoms with van der Waals surface area (Å²) < 4.78 is 6.15. The van der Waals surface area contributed by atoms with E-state index in [9.17, 15) is 9.90 Å². The molecule has 1 saturated heterocycles. The molecule has 41 heavy (non-hydrogen) atoms. The lowest BCUT2D eigenvalue weighted by Gasteiger charge is -2.32. The molecule has 1 heterocycles. The number of carboxylic acid groups (broad SMARTS) is 1. The van der Waals surface area contributed by atoms with Crippen molar-refractivity contribution in [2.24, 2.45) is 10.7 Å². The number of carbonyl (C=O) groups is 1. The molecule has 1 aliphatic heterocycles. The maximum absolute atomic E-state index is 12.3. The number of ether oxygens (including phenoxy) is 1. The number of fused-ring (bicyclic) bond motifs is 1. The van der Waals surface area contributed by atoms with Gasteiger partial charge in [0, 0.05) is 31.5 Å². The van der Waals surface area contributed by atoms with E-state index < -0.39 is 11.9 Å². The molecular formula is C34H36N4O3. The summed E-state index contributed by atoms with van der Waals surface area (Å²) in [7, 11) is 0. The van der Waals surface area contributed by atoms with Crippen molar-refractivity contribution in [1.82, 2.24) is 4.90 Å². The Hall–Kier alpha value is -4.65. The second-order valence-electron chi connectivity index (χ2n) is 10.6. The molecule has 4 aromatic carbocycles. The number of hydrogen-bond acceptors (Lipinski definition) is 4. The lowest BCUT2D eigenvalue weighted by molar-refractivity contribution is -0.138. The Balaban J connectivity index is 1.27. The van der Waals surface area contributed by atoms with Crippen LogP contribution in [0.2, 0.25) is 0 Å². The summed E-state index contributed by atoms with van der Waals surface area (Å²) in [6, 6.07) is 29.5. The number of aliphatic imine (C=N–C) groups is 1. The predicted octanol–water partition coefficient (Wildman–Crippen LogP) is 6.00. The van der Waals surface area contributed by atoms with Gasteiger partial charge in [-0.05, 0) is 59.0 Å². The van der Waals surface area contributed by atoms with Gasteiger partial charge < -0.3 is 20.5 Å². The number of rotatable bonds is 9. The van der Waals surface area contributed by atoms with Crippen LogP contribution in [0.1, 0.15) is 47.9 Å². The van der Waals surface area contributed by atoms with Crippen molar-refractivity contribution in [3.63, 3.8) is 0 Å². The third-order valence-corrected chi connectivity index (χ3v) is 7.71. The zero-order chi connectivity index (χ0) is 28.8. The molecule has 4 aromatic rings. The van der Waals surface area contributed by atoms with Gasteiger partial charge in [0.2, 0.25) is 0 Å². The molecule has 210 valence electrons. The van der Waals surface area contributed by atoms with E-state index in [0.717, 1.165) is 64.7 Å². The summed E-state index contributed by atoms with van der Waals surface area (Å²) in [6.07, 6.45) is 2.20. The van der Waals surface area contributed by atoms with Crippen LogP contribution in [0.25, 0.3) is 10.8 Å². The molecule has 5 rings (SSSR count). The maximum Gasteiger partial charge on any atom is 0.311 e. The van der Waals surface area contributed by atoms with Crippen LogP contribution in [-0.4, -0.2) is 46.8 Å². The van der Waals surface area contributed by atoms with E-state index in [1.54, 1.807) is 0 Å². The number of nitrogens with zero attached hydrogens (tertiary/aromatic N) is 2. The fraction of sp³-hybridized carbons (Fsp3) is 0.265. The lowest BCUT2D eigenvalue weighted by Crippen LogP contribution is -2.40. The van der Waals surface area contributed by atoms with E-state index in [4.69, 9.17) is 15.9 Å². The van der Waals surface area contributed by atoms with Gasteiger partial charge in [-0.3, -0.25) is 15.2 Å². The van der Waals surface area contributed by atoms with E-state index in [-0.39, 0.29) is 6.10 Å². The van der Waals surface area contributed by atoms with Crippen LogP contribution in [0.4, 0.5) is 0 Å². The Morgan fingerprint density at radius 2 is 1.68 bits per heavy atom. The molecule has 7 nitrogen and oxygen atoms in total. The van der Waals surface area contributed by atoms with Crippen LogP contribution >= 0.6 is 0 Å². The van der Waals surface area contributed by atoms with Crippen LogP contribution in [0, 0.1) is 5.41 Å². The molecule has 7 heteroatoms. The SMILES string of the molecule is CC(=N)N1CCC(Oc2ccc(C(Cc3ccc4ccc(C(N)=NCc5ccccc5)cc4c3)C(=O)O)cc2)CC1. The Kier molecular flexibility index (Phi) is 8.63. The summed E-state index contributed by atoms with van der Waals surface area (Å²) in [4.78, 5) is 18.9. The largest absolute Gasteiger partial charge is 0.490 e. The molecule has 0 aliphatic carbocycles. The van der Waals surface area contributed by atoms with Crippen LogP contribution in [0.15, 0.2) is 96.0 Å². The maximum atomic E-state index is 12.3. The molecule has 0 aromatic heterocycles. The third kappa shape index (κ3) is 7.11. The molecule has 4 N–H and O–H groups in total. The minimum absolute atomic E-state index is 0.103. The fourth-order valence-electron chi connectivity index (χ4n) is 5.30. The molecule has 0 amide bonds. The highest BCUT2D eigenvalue weighted by atomic mass is 16.5. The zero-order valence-corrected chi connectivity index (χ0v) is 23.3. The van der Waals surface area contributed by atoms with E-state index in [1.165, 1.54) is 0 Å². The highest BCUT2D eigenvalue weighted by Gasteiger charge is 2.23. The number of amidine groups is 2. The van der Waals surface area contributed by atoms with Crippen LogP contribution in [0.3, 0.4) is 0 Å². The highest BCUT2D eigenvalue weighted by molar-refractivity contribution is 6.01. The molecule has 0 spiro atoms. The summed E-state index contributed by atoms with van der Waals surface area (Å²) in [5.41, 5.74) is 9.93. The molecule has 0 radical (unpaired) electrons. The van der Waals surface area contributed by atoms with Crippen molar-refractivity contribution in [1.29, 1.82) is 5.41 Å². The summed E-state index contributed by atoms with van der Waals surface area (Å²) in [6.45, 7) is 3.96. The monoisotopic (exact) mass is 548 g/mol. The van der Waals surface area contributed by atoms with Gasteiger partial charge in [-0.1, -0.05) is 72.8 Å². The van der Waals surface area contributed by atoms with Crippen molar-refractivity contribution >= 4 is 28.4 Å². The first kappa shape index (κ1) is 27.9. The number of benzene rings is 4. The van der Waals surface area contributed by atoms with E-state index >= 15 is 0 Å². The second kappa shape index (κ2) is 12.7. The van der Waals surface area contributed by atoms with Crippen molar-refractivity contribution in [2.45, 2.75) is 44.8 Å². The molecule has 1 atom stereocenters. The van der Waals surface area contributed by atoms with Gasteiger partial charge >= 0.3 is 5.97 Å². The van der Waals surface area contributed by atoms with Gasteiger partial charge in [0.15, 0.2) is 0 Å². The number of likely N-dealkylation sites (tertiary alicyclic amines) is 1. The van der Waals surface area contributed by atoms with E-state index in [2.05, 4.69) is 9.89 Å². The topological polar surface area (TPSA) is 112 Å². The van der Waals surface area contributed by atoms with Crippen molar-refractivity contribution in [3.8, 4) is 5.75 Å². The molecular weight excluding hydrogens is 512 g/mol. The highest BCUT2D eigenvalue weighted by Crippen LogP contribution is 2.27. The minimum atomic E-state index is -0.862. The van der Waals surface area contributed by atoms with Gasteiger partial charge in [0.05, 0.1) is 18.3 Å². The van der Waals surface area contributed by atoms with Crippen molar-refractivity contribution in [2.75, 3.05) is 13.1 Å². The average Bonchev–Trinajstić information content (AvgIpc) is 2.99. The average molecular weight is 549 g/mol. The first-order valence-corrected chi connectivity index (χ1v) is 14.0. The third-order valence-electron chi connectivity index (χ3n) is 7.71. The van der Waals surface area contributed by atoms with Gasteiger partial charge in [-0.2, -0.15) is 0 Å². The number of piperidine rings is 1. The van der Waals surface area contributed by atoms with Crippen molar-refractivity contribution < 1.29 is 14.6 Å². The Morgan fingerprint density at radius 3 is 2.37 bits per heavy atom. The summed E-state index contributed by atoms with van der Waals surface area (Å²) in [5, 5.41) is 19.9. The van der Waals surface area contributed by atoms with Gasteiger partial charge in [0.1, 0.15) is 17.7 Å². The van der Waals surface area contributed by atoms with Crippen molar-refractivity contribution in [3.05, 3.63) is 113 Å². The summed E-state index contributed by atoms with van der Waals surface area (Å²) in [5.74, 6) is 0.270. The molecule has 0 bridgehead atoms. The number of nitrogens with one attached hydrogen (secondary N) is 1. The minimum Gasteiger partial charge on any atom is -0.490 e. The van der Waals surface area contributed by atoms with Crippen LogP contribution < -0.4 is 10.5 Å². The Labute approximate surface area is 240 Å². The number of nitrogens with two attached hydrogens (primary N) is 1. The smallest absolute Gasteiger partial charge is 0.311 e. The van der Waals surface area contributed by atoms with E-state index in [1.807, 2.05) is 97.9 Å². The normalized spacial score (nSPS) is 15.0. The Morgan fingerprint density at radius 1 is 0.976 bits per heavy atom. The fourth-order valence-corrected chi connectivity index (χ4v) is 5.30. The van der Waals surface area contributed by atoms with Gasteiger partial charge in [-0.15, -0.1) is 0 Å².